The Morgan fingerprint density at radius 3 is 2.40 bits per heavy atom. The molecule has 0 aromatic heterocycles. The van der Waals surface area contributed by atoms with Gasteiger partial charge in [0.1, 0.15) is 0 Å². The molecular weight excluding hydrogens is 276 g/mol. The molecular formula is C14H26N2O3S. The zero-order valence-electron chi connectivity index (χ0n) is 12.4. The Kier molecular flexibility index (Phi) is 5.43. The monoisotopic (exact) mass is 302 g/mol. The first-order chi connectivity index (χ1) is 9.48. The van der Waals surface area contributed by atoms with Gasteiger partial charge < -0.3 is 9.80 Å². The molecule has 1 amide bonds. The van der Waals surface area contributed by atoms with E-state index in [2.05, 4.69) is 0 Å². The quantitative estimate of drug-likeness (QED) is 0.774. The summed E-state index contributed by atoms with van der Waals surface area (Å²) in [4.78, 5) is 16.2. The summed E-state index contributed by atoms with van der Waals surface area (Å²) in [7, 11) is -0.910. The van der Waals surface area contributed by atoms with Gasteiger partial charge in [0.25, 0.3) is 0 Å². The highest BCUT2D eigenvalue weighted by Gasteiger charge is 2.30. The van der Waals surface area contributed by atoms with Crippen LogP contribution in [0.1, 0.15) is 38.5 Å². The van der Waals surface area contributed by atoms with Gasteiger partial charge in [-0.2, -0.15) is 0 Å². The van der Waals surface area contributed by atoms with Crippen LogP contribution in [0.15, 0.2) is 0 Å². The normalized spacial score (nSPS) is 26.7. The van der Waals surface area contributed by atoms with Crippen molar-refractivity contribution in [2.24, 2.45) is 0 Å². The van der Waals surface area contributed by atoms with Crippen molar-refractivity contribution < 1.29 is 13.2 Å². The molecule has 2 fully saturated rings. The Bertz CT molecular complexity index is 428. The topological polar surface area (TPSA) is 57.7 Å². The van der Waals surface area contributed by atoms with Crippen molar-refractivity contribution in [3.63, 3.8) is 0 Å². The molecule has 0 N–H and O–H groups in total. The maximum atomic E-state index is 12.2. The maximum absolute atomic E-state index is 12.2. The second kappa shape index (κ2) is 6.89. The number of rotatable bonds is 4. The molecule has 6 heteroatoms. The van der Waals surface area contributed by atoms with Gasteiger partial charge in [-0.3, -0.25) is 4.79 Å². The van der Waals surface area contributed by atoms with Gasteiger partial charge in [0.2, 0.25) is 5.91 Å². The van der Waals surface area contributed by atoms with Gasteiger partial charge in [-0.25, -0.2) is 8.42 Å². The Morgan fingerprint density at radius 1 is 1.20 bits per heavy atom. The van der Waals surface area contributed by atoms with Gasteiger partial charge in [-0.1, -0.05) is 12.8 Å². The molecule has 20 heavy (non-hydrogen) atoms. The van der Waals surface area contributed by atoms with Crippen LogP contribution in [0, 0.1) is 0 Å². The second-order valence-electron chi connectivity index (χ2n) is 6.08. The molecule has 2 aliphatic rings. The van der Waals surface area contributed by atoms with Crippen molar-refractivity contribution in [2.75, 3.05) is 38.2 Å². The molecule has 116 valence electrons. The van der Waals surface area contributed by atoms with Crippen molar-refractivity contribution in [1.29, 1.82) is 0 Å². The van der Waals surface area contributed by atoms with E-state index in [0.717, 1.165) is 25.9 Å². The van der Waals surface area contributed by atoms with Crippen molar-refractivity contribution in [1.82, 2.24) is 9.80 Å². The molecule has 0 bridgehead atoms. The Morgan fingerprint density at radius 2 is 1.85 bits per heavy atom. The van der Waals surface area contributed by atoms with E-state index in [1.165, 1.54) is 12.8 Å². The number of hydrogen-bond donors (Lipinski definition) is 0. The van der Waals surface area contributed by atoms with Crippen LogP contribution >= 0.6 is 0 Å². The first kappa shape index (κ1) is 15.8. The van der Waals surface area contributed by atoms with Crippen LogP contribution < -0.4 is 0 Å². The van der Waals surface area contributed by atoms with Crippen LogP contribution in [0.4, 0.5) is 0 Å². The van der Waals surface area contributed by atoms with Gasteiger partial charge in [0.05, 0.1) is 11.5 Å². The minimum absolute atomic E-state index is 0.0944. The van der Waals surface area contributed by atoms with E-state index in [1.54, 1.807) is 0 Å². The summed E-state index contributed by atoms with van der Waals surface area (Å²) in [6, 6.07) is 0.0944. The SMILES string of the molecule is CN(CCC(=O)N1CCCCCC1)C1CCS(=O)(=O)C1. The summed E-state index contributed by atoms with van der Waals surface area (Å²) in [6.07, 6.45) is 5.89. The zero-order chi connectivity index (χ0) is 14.6. The number of hydrogen-bond acceptors (Lipinski definition) is 4. The number of nitrogens with zero attached hydrogens (tertiary/aromatic N) is 2. The highest BCUT2D eigenvalue weighted by Crippen LogP contribution is 2.17. The summed E-state index contributed by atoms with van der Waals surface area (Å²) in [6.45, 7) is 2.44. The summed E-state index contributed by atoms with van der Waals surface area (Å²) in [5, 5.41) is 0. The number of sulfone groups is 1. The molecule has 0 spiro atoms. The van der Waals surface area contributed by atoms with E-state index >= 15 is 0 Å². The molecule has 0 aromatic rings. The summed E-state index contributed by atoms with van der Waals surface area (Å²) < 4.78 is 22.9. The van der Waals surface area contributed by atoms with Gasteiger partial charge in [-0.05, 0) is 26.3 Å². The Hall–Kier alpha value is -0.620. The lowest BCUT2D eigenvalue weighted by atomic mass is 10.2. The molecule has 0 saturated carbocycles. The molecule has 0 aliphatic carbocycles. The molecule has 0 radical (unpaired) electrons. The minimum atomic E-state index is -2.84. The smallest absolute Gasteiger partial charge is 0.223 e. The third kappa shape index (κ3) is 4.45. The fourth-order valence-electron chi connectivity index (χ4n) is 3.06. The molecule has 2 heterocycles. The van der Waals surface area contributed by atoms with E-state index in [9.17, 15) is 13.2 Å². The predicted molar refractivity (Wildman–Crippen MR) is 79.4 cm³/mol. The maximum Gasteiger partial charge on any atom is 0.223 e. The third-order valence-corrected chi connectivity index (χ3v) is 6.22. The van der Waals surface area contributed by atoms with Crippen LogP contribution in [0.3, 0.4) is 0 Å². The van der Waals surface area contributed by atoms with Crippen molar-refractivity contribution >= 4 is 15.7 Å². The van der Waals surface area contributed by atoms with Crippen LogP contribution in [-0.4, -0.2) is 68.4 Å². The second-order valence-corrected chi connectivity index (χ2v) is 8.31. The largest absolute Gasteiger partial charge is 0.343 e. The van der Waals surface area contributed by atoms with E-state index in [4.69, 9.17) is 0 Å². The van der Waals surface area contributed by atoms with Crippen molar-refractivity contribution in [3.8, 4) is 0 Å². The summed E-state index contributed by atoms with van der Waals surface area (Å²) in [5.41, 5.74) is 0. The van der Waals surface area contributed by atoms with Crippen molar-refractivity contribution in [2.45, 2.75) is 44.6 Å². The molecule has 2 aliphatic heterocycles. The van der Waals surface area contributed by atoms with E-state index in [-0.39, 0.29) is 17.7 Å². The number of likely N-dealkylation sites (tertiary alicyclic amines) is 1. The number of carbonyl (C=O) groups is 1. The minimum Gasteiger partial charge on any atom is -0.343 e. The van der Waals surface area contributed by atoms with E-state index in [0.29, 0.717) is 25.1 Å². The third-order valence-electron chi connectivity index (χ3n) is 4.47. The zero-order valence-corrected chi connectivity index (χ0v) is 13.2. The van der Waals surface area contributed by atoms with Gasteiger partial charge in [-0.15, -0.1) is 0 Å². The molecule has 2 saturated heterocycles. The molecule has 1 unspecified atom stereocenters. The average molecular weight is 302 g/mol. The average Bonchev–Trinajstić information content (AvgIpc) is 2.64. The highest BCUT2D eigenvalue weighted by atomic mass is 32.2. The highest BCUT2D eigenvalue weighted by molar-refractivity contribution is 7.91. The molecule has 2 rings (SSSR count). The molecule has 5 nitrogen and oxygen atoms in total. The van der Waals surface area contributed by atoms with E-state index < -0.39 is 9.84 Å². The number of amides is 1. The Balaban J connectivity index is 1.75. The summed E-state index contributed by atoms with van der Waals surface area (Å²) in [5.74, 6) is 0.767. The Labute approximate surface area is 122 Å². The van der Waals surface area contributed by atoms with Crippen molar-refractivity contribution in [3.05, 3.63) is 0 Å². The van der Waals surface area contributed by atoms with Crippen LogP contribution in [-0.2, 0) is 14.6 Å². The fourth-order valence-corrected chi connectivity index (χ4v) is 4.86. The predicted octanol–water partition coefficient (Wildman–Crippen LogP) is 0.898. The van der Waals surface area contributed by atoms with E-state index in [1.807, 2.05) is 16.8 Å². The van der Waals surface area contributed by atoms with Crippen LogP contribution in [0.2, 0.25) is 0 Å². The first-order valence-corrected chi connectivity index (χ1v) is 9.48. The molecule has 0 aromatic carbocycles. The van der Waals surface area contributed by atoms with Crippen LogP contribution in [0.5, 0.6) is 0 Å². The fraction of sp³-hybridized carbons (Fsp3) is 0.929. The lowest BCUT2D eigenvalue weighted by Crippen LogP contribution is -2.38. The number of carbonyl (C=O) groups excluding carboxylic acids is 1. The molecule has 1 atom stereocenters. The summed E-state index contributed by atoms with van der Waals surface area (Å²) >= 11 is 0. The standard InChI is InChI=1S/C14H26N2O3S/c1-15(13-7-11-20(18,19)12-13)10-6-14(17)16-8-4-2-3-5-9-16/h13H,2-12H2,1H3. The lowest BCUT2D eigenvalue weighted by Gasteiger charge is -2.25. The lowest BCUT2D eigenvalue weighted by molar-refractivity contribution is -0.131. The van der Waals surface area contributed by atoms with Gasteiger partial charge >= 0.3 is 0 Å². The van der Waals surface area contributed by atoms with Gasteiger partial charge in [0.15, 0.2) is 9.84 Å². The first-order valence-electron chi connectivity index (χ1n) is 7.66. The van der Waals surface area contributed by atoms with Crippen LogP contribution in [0.25, 0.3) is 0 Å². The van der Waals surface area contributed by atoms with Gasteiger partial charge in [0, 0.05) is 32.1 Å².